The number of rotatable bonds is 5. The Bertz CT molecular complexity index is 514. The van der Waals surface area contributed by atoms with Crippen LogP contribution >= 0.6 is 24.0 Å². The van der Waals surface area contributed by atoms with Gasteiger partial charge in [-0.05, 0) is 17.7 Å². The van der Waals surface area contributed by atoms with Crippen molar-refractivity contribution in [2.45, 2.75) is 19.0 Å². The second-order valence-corrected chi connectivity index (χ2v) is 5.14. The van der Waals surface area contributed by atoms with E-state index in [1.54, 1.807) is 6.07 Å². The van der Waals surface area contributed by atoms with Crippen LogP contribution in [0.2, 0.25) is 5.02 Å². The summed E-state index contributed by atoms with van der Waals surface area (Å²) in [6, 6.07) is 2.87. The van der Waals surface area contributed by atoms with Crippen molar-refractivity contribution >= 4 is 29.9 Å². The van der Waals surface area contributed by atoms with Crippen LogP contribution in [0.4, 0.5) is 0 Å². The van der Waals surface area contributed by atoms with Crippen molar-refractivity contribution < 1.29 is 19.0 Å². The molecular formula is C14H20Cl2N2O4. The average Bonchev–Trinajstić information content (AvgIpc) is 2.70. The summed E-state index contributed by atoms with van der Waals surface area (Å²) in [5, 5.41) is 3.21. The topological polar surface area (TPSA) is 82.8 Å². The maximum atomic E-state index is 11.7. The summed E-state index contributed by atoms with van der Waals surface area (Å²) < 4.78 is 16.0. The molecule has 22 heavy (non-hydrogen) atoms. The molecule has 0 saturated heterocycles. The molecule has 0 spiro atoms. The molecular weight excluding hydrogens is 331 g/mol. The predicted molar refractivity (Wildman–Crippen MR) is 86.0 cm³/mol. The van der Waals surface area contributed by atoms with Crippen molar-refractivity contribution in [2.24, 2.45) is 5.73 Å². The third kappa shape index (κ3) is 4.91. The molecule has 1 aromatic rings. The molecule has 1 heterocycles. The fourth-order valence-corrected chi connectivity index (χ4v) is 2.25. The van der Waals surface area contributed by atoms with Gasteiger partial charge in [-0.15, -0.1) is 12.4 Å². The fourth-order valence-electron chi connectivity index (χ4n) is 1.96. The van der Waals surface area contributed by atoms with E-state index in [0.29, 0.717) is 36.3 Å². The van der Waals surface area contributed by atoms with Gasteiger partial charge in [-0.2, -0.15) is 0 Å². The number of benzene rings is 1. The zero-order valence-corrected chi connectivity index (χ0v) is 13.8. The van der Waals surface area contributed by atoms with Crippen molar-refractivity contribution in [3.05, 3.63) is 22.7 Å². The van der Waals surface area contributed by atoms with Crippen LogP contribution in [0.3, 0.4) is 0 Å². The zero-order valence-electron chi connectivity index (χ0n) is 12.3. The minimum absolute atomic E-state index is 0. The highest BCUT2D eigenvalue weighted by Crippen LogP contribution is 2.37. The van der Waals surface area contributed by atoms with Gasteiger partial charge < -0.3 is 25.3 Å². The van der Waals surface area contributed by atoms with Gasteiger partial charge in [0.2, 0.25) is 5.91 Å². The Morgan fingerprint density at radius 3 is 2.91 bits per heavy atom. The van der Waals surface area contributed by atoms with Gasteiger partial charge in [0.05, 0.1) is 24.8 Å². The van der Waals surface area contributed by atoms with Crippen molar-refractivity contribution in [3.8, 4) is 11.5 Å². The highest BCUT2D eigenvalue weighted by Gasteiger charge is 2.17. The first-order valence-electron chi connectivity index (χ1n) is 6.72. The molecule has 124 valence electrons. The SMILES string of the molecule is COCC(N)C(=O)NCc1cc(Cl)c2c(c1)OCCCO2.Cl. The van der Waals surface area contributed by atoms with Crippen molar-refractivity contribution in [3.63, 3.8) is 0 Å². The van der Waals surface area contributed by atoms with Gasteiger partial charge in [-0.1, -0.05) is 11.6 Å². The number of hydrogen-bond donors (Lipinski definition) is 2. The summed E-state index contributed by atoms with van der Waals surface area (Å²) in [4.78, 5) is 11.7. The molecule has 1 aromatic carbocycles. The van der Waals surface area contributed by atoms with Crippen LogP contribution in [0.5, 0.6) is 11.5 Å². The second-order valence-electron chi connectivity index (χ2n) is 4.74. The number of methoxy groups -OCH3 is 1. The lowest BCUT2D eigenvalue weighted by molar-refractivity contribution is -0.123. The molecule has 0 bridgehead atoms. The molecule has 0 aliphatic carbocycles. The summed E-state index contributed by atoms with van der Waals surface area (Å²) in [6.07, 6.45) is 0.808. The number of hydrogen-bond acceptors (Lipinski definition) is 5. The smallest absolute Gasteiger partial charge is 0.239 e. The molecule has 1 aliphatic heterocycles. The highest BCUT2D eigenvalue weighted by atomic mass is 35.5. The van der Waals surface area contributed by atoms with Crippen molar-refractivity contribution in [1.82, 2.24) is 5.32 Å². The Labute approximate surface area is 140 Å². The van der Waals surface area contributed by atoms with E-state index < -0.39 is 6.04 Å². The lowest BCUT2D eigenvalue weighted by Crippen LogP contribution is -2.43. The Morgan fingerprint density at radius 1 is 1.45 bits per heavy atom. The molecule has 6 nitrogen and oxygen atoms in total. The molecule has 2 rings (SSSR count). The normalized spacial score (nSPS) is 14.5. The second kappa shape index (κ2) is 9.05. The van der Waals surface area contributed by atoms with Crippen LogP contribution in [0, 0.1) is 0 Å². The van der Waals surface area contributed by atoms with Gasteiger partial charge in [0.25, 0.3) is 0 Å². The lowest BCUT2D eigenvalue weighted by Gasteiger charge is -2.14. The number of carbonyl (C=O) groups is 1. The molecule has 8 heteroatoms. The number of amides is 1. The number of carbonyl (C=O) groups excluding carboxylic acids is 1. The molecule has 0 saturated carbocycles. The van der Waals surface area contributed by atoms with Crippen LogP contribution in [0.25, 0.3) is 0 Å². The van der Waals surface area contributed by atoms with Crippen LogP contribution in [0.1, 0.15) is 12.0 Å². The van der Waals surface area contributed by atoms with Crippen LogP contribution < -0.4 is 20.5 Å². The first-order chi connectivity index (χ1) is 10.1. The van der Waals surface area contributed by atoms with Crippen LogP contribution in [-0.4, -0.2) is 38.9 Å². The minimum atomic E-state index is -0.689. The quantitative estimate of drug-likeness (QED) is 0.840. The highest BCUT2D eigenvalue weighted by molar-refractivity contribution is 6.32. The summed E-state index contributed by atoms with van der Waals surface area (Å²) >= 11 is 6.19. The van der Waals surface area contributed by atoms with Crippen LogP contribution in [0.15, 0.2) is 12.1 Å². The summed E-state index contributed by atoms with van der Waals surface area (Å²) in [6.45, 7) is 1.65. The van der Waals surface area contributed by atoms with Gasteiger partial charge in [-0.3, -0.25) is 4.79 Å². The van der Waals surface area contributed by atoms with Gasteiger partial charge >= 0.3 is 0 Å². The average molecular weight is 351 g/mol. The Kier molecular flexibility index (Phi) is 7.75. The summed E-state index contributed by atoms with van der Waals surface area (Å²) in [5.74, 6) is 0.880. The summed E-state index contributed by atoms with van der Waals surface area (Å²) in [7, 11) is 1.50. The van der Waals surface area contributed by atoms with E-state index in [0.717, 1.165) is 12.0 Å². The van der Waals surface area contributed by atoms with Gasteiger partial charge in [0.15, 0.2) is 11.5 Å². The van der Waals surface area contributed by atoms with E-state index >= 15 is 0 Å². The van der Waals surface area contributed by atoms with Gasteiger partial charge in [0, 0.05) is 20.1 Å². The first kappa shape index (κ1) is 18.8. The standard InChI is InChI=1S/C14H19ClN2O4.ClH/c1-19-8-11(16)14(18)17-7-9-5-10(15)13-12(6-9)20-3-2-4-21-13;/h5-6,11H,2-4,7-8,16H2,1H3,(H,17,18);1H. The third-order valence-electron chi connectivity index (χ3n) is 3.01. The maximum Gasteiger partial charge on any atom is 0.239 e. The number of halogens is 2. The van der Waals surface area contributed by atoms with Gasteiger partial charge in [-0.25, -0.2) is 0 Å². The number of ether oxygens (including phenoxy) is 3. The Hall–Kier alpha value is -1.21. The monoisotopic (exact) mass is 350 g/mol. The number of nitrogens with two attached hydrogens (primary N) is 1. The zero-order chi connectivity index (χ0) is 15.2. The van der Waals surface area contributed by atoms with E-state index in [2.05, 4.69) is 5.32 Å². The van der Waals surface area contributed by atoms with E-state index in [9.17, 15) is 4.79 Å². The largest absolute Gasteiger partial charge is 0.489 e. The predicted octanol–water partition coefficient (Wildman–Crippen LogP) is 1.51. The van der Waals surface area contributed by atoms with Crippen molar-refractivity contribution in [1.29, 1.82) is 0 Å². The fraction of sp³-hybridized carbons (Fsp3) is 0.500. The molecule has 0 fully saturated rings. The maximum absolute atomic E-state index is 11.7. The molecule has 1 atom stereocenters. The molecule has 0 aromatic heterocycles. The lowest BCUT2D eigenvalue weighted by atomic mass is 10.2. The summed E-state index contributed by atoms with van der Waals surface area (Å²) in [5.41, 5.74) is 6.47. The van der Waals surface area contributed by atoms with E-state index in [1.807, 2.05) is 6.07 Å². The van der Waals surface area contributed by atoms with Gasteiger partial charge in [0.1, 0.15) is 6.04 Å². The molecule has 1 unspecified atom stereocenters. The van der Waals surface area contributed by atoms with Crippen LogP contribution in [-0.2, 0) is 16.1 Å². The van der Waals surface area contributed by atoms with E-state index in [1.165, 1.54) is 7.11 Å². The first-order valence-corrected chi connectivity index (χ1v) is 7.10. The molecule has 1 amide bonds. The number of fused-ring (bicyclic) bond motifs is 1. The molecule has 0 radical (unpaired) electrons. The Balaban J connectivity index is 0.00000242. The van der Waals surface area contributed by atoms with Crippen molar-refractivity contribution in [2.75, 3.05) is 26.9 Å². The minimum Gasteiger partial charge on any atom is -0.489 e. The van der Waals surface area contributed by atoms with E-state index in [4.69, 9.17) is 31.5 Å². The Morgan fingerprint density at radius 2 is 2.18 bits per heavy atom. The third-order valence-corrected chi connectivity index (χ3v) is 3.29. The molecule has 1 aliphatic rings. The molecule has 3 N–H and O–H groups in total. The number of nitrogens with one attached hydrogen (secondary N) is 1. The van der Waals surface area contributed by atoms with E-state index in [-0.39, 0.29) is 24.9 Å².